The van der Waals surface area contributed by atoms with Crippen molar-refractivity contribution in [3.8, 4) is 5.75 Å². The SMILES string of the molecule is COc1cccc(NC(=O)N(C)CCCCCO)c1. The van der Waals surface area contributed by atoms with Gasteiger partial charge in [-0.05, 0) is 31.4 Å². The second-order valence-corrected chi connectivity index (χ2v) is 4.37. The minimum Gasteiger partial charge on any atom is -0.497 e. The largest absolute Gasteiger partial charge is 0.497 e. The van der Waals surface area contributed by atoms with Crippen LogP contribution in [0.3, 0.4) is 0 Å². The molecule has 0 spiro atoms. The molecule has 106 valence electrons. The number of aliphatic hydroxyl groups excluding tert-OH is 1. The first kappa shape index (κ1) is 15.3. The summed E-state index contributed by atoms with van der Waals surface area (Å²) in [7, 11) is 3.35. The lowest BCUT2D eigenvalue weighted by Crippen LogP contribution is -2.32. The molecule has 0 saturated carbocycles. The van der Waals surface area contributed by atoms with Crippen molar-refractivity contribution in [1.82, 2.24) is 4.90 Å². The molecule has 0 aliphatic carbocycles. The van der Waals surface area contributed by atoms with E-state index in [9.17, 15) is 4.79 Å². The monoisotopic (exact) mass is 266 g/mol. The molecular formula is C14H22N2O3. The zero-order chi connectivity index (χ0) is 14.1. The van der Waals surface area contributed by atoms with E-state index >= 15 is 0 Å². The zero-order valence-electron chi connectivity index (χ0n) is 11.6. The predicted octanol–water partition coefficient (Wildman–Crippen LogP) is 2.32. The number of ether oxygens (including phenoxy) is 1. The van der Waals surface area contributed by atoms with Crippen molar-refractivity contribution in [3.63, 3.8) is 0 Å². The maximum atomic E-state index is 11.9. The van der Waals surface area contributed by atoms with Crippen LogP contribution in [0.4, 0.5) is 10.5 Å². The molecule has 5 heteroatoms. The van der Waals surface area contributed by atoms with Crippen molar-refractivity contribution in [2.45, 2.75) is 19.3 Å². The number of methoxy groups -OCH3 is 1. The number of aliphatic hydroxyl groups is 1. The number of carbonyl (C=O) groups excluding carboxylic acids is 1. The van der Waals surface area contributed by atoms with Crippen LogP contribution in [-0.4, -0.2) is 43.3 Å². The van der Waals surface area contributed by atoms with Gasteiger partial charge in [0.2, 0.25) is 0 Å². The number of amides is 2. The van der Waals surface area contributed by atoms with E-state index in [0.717, 1.165) is 19.3 Å². The number of benzene rings is 1. The van der Waals surface area contributed by atoms with Gasteiger partial charge in [0.1, 0.15) is 5.75 Å². The first-order valence-electron chi connectivity index (χ1n) is 6.44. The first-order chi connectivity index (χ1) is 9.17. The number of nitrogens with zero attached hydrogens (tertiary/aromatic N) is 1. The number of nitrogens with one attached hydrogen (secondary N) is 1. The Hall–Kier alpha value is -1.75. The molecule has 0 saturated heterocycles. The normalized spacial score (nSPS) is 10.1. The summed E-state index contributed by atoms with van der Waals surface area (Å²) < 4.78 is 5.10. The van der Waals surface area contributed by atoms with Crippen LogP contribution < -0.4 is 10.1 Å². The van der Waals surface area contributed by atoms with Gasteiger partial charge in [-0.25, -0.2) is 4.79 Å². The topological polar surface area (TPSA) is 61.8 Å². The molecule has 2 amide bonds. The van der Waals surface area contributed by atoms with Crippen LogP contribution in [0.2, 0.25) is 0 Å². The lowest BCUT2D eigenvalue weighted by Gasteiger charge is -2.18. The quantitative estimate of drug-likeness (QED) is 0.744. The van der Waals surface area contributed by atoms with Gasteiger partial charge >= 0.3 is 6.03 Å². The number of anilines is 1. The average Bonchev–Trinajstić information content (AvgIpc) is 2.43. The third kappa shape index (κ3) is 5.61. The Morgan fingerprint density at radius 1 is 1.37 bits per heavy atom. The fourth-order valence-electron chi connectivity index (χ4n) is 1.66. The van der Waals surface area contributed by atoms with E-state index in [1.54, 1.807) is 25.1 Å². The summed E-state index contributed by atoms with van der Waals surface area (Å²) in [5, 5.41) is 11.5. The highest BCUT2D eigenvalue weighted by Gasteiger charge is 2.08. The smallest absolute Gasteiger partial charge is 0.321 e. The predicted molar refractivity (Wildman–Crippen MR) is 75.6 cm³/mol. The van der Waals surface area contributed by atoms with Gasteiger partial charge in [-0.1, -0.05) is 6.07 Å². The molecular weight excluding hydrogens is 244 g/mol. The number of hydrogen-bond acceptors (Lipinski definition) is 3. The summed E-state index contributed by atoms with van der Waals surface area (Å²) in [5.41, 5.74) is 0.714. The average molecular weight is 266 g/mol. The number of carbonyl (C=O) groups is 1. The molecule has 0 heterocycles. The van der Waals surface area contributed by atoms with Gasteiger partial charge in [0.05, 0.1) is 7.11 Å². The Kier molecular flexibility index (Phi) is 6.74. The molecule has 1 aromatic rings. The van der Waals surface area contributed by atoms with E-state index in [1.165, 1.54) is 0 Å². The fourth-order valence-corrected chi connectivity index (χ4v) is 1.66. The number of hydrogen-bond donors (Lipinski definition) is 2. The van der Waals surface area contributed by atoms with E-state index in [1.807, 2.05) is 18.2 Å². The van der Waals surface area contributed by atoms with Crippen molar-refractivity contribution in [2.75, 3.05) is 32.6 Å². The Labute approximate surface area is 114 Å². The molecule has 0 unspecified atom stereocenters. The molecule has 0 aliphatic rings. The van der Waals surface area contributed by atoms with Gasteiger partial charge in [0.25, 0.3) is 0 Å². The minimum atomic E-state index is -0.141. The highest BCUT2D eigenvalue weighted by atomic mass is 16.5. The van der Waals surface area contributed by atoms with Gasteiger partial charge in [-0.15, -0.1) is 0 Å². The van der Waals surface area contributed by atoms with Gasteiger partial charge in [0, 0.05) is 32.0 Å². The molecule has 1 aromatic carbocycles. The maximum Gasteiger partial charge on any atom is 0.321 e. The third-order valence-corrected chi connectivity index (χ3v) is 2.82. The van der Waals surface area contributed by atoms with E-state index in [-0.39, 0.29) is 12.6 Å². The fraction of sp³-hybridized carbons (Fsp3) is 0.500. The van der Waals surface area contributed by atoms with Crippen LogP contribution >= 0.6 is 0 Å². The van der Waals surface area contributed by atoms with Crippen LogP contribution in [0.15, 0.2) is 24.3 Å². The van der Waals surface area contributed by atoms with E-state index in [0.29, 0.717) is 18.0 Å². The standard InChI is InChI=1S/C14H22N2O3/c1-16(9-4-3-5-10-17)14(18)15-12-7-6-8-13(11-12)19-2/h6-8,11,17H,3-5,9-10H2,1-2H3,(H,15,18). The first-order valence-corrected chi connectivity index (χ1v) is 6.44. The summed E-state index contributed by atoms with van der Waals surface area (Å²) in [4.78, 5) is 13.5. The van der Waals surface area contributed by atoms with E-state index in [4.69, 9.17) is 9.84 Å². The molecule has 0 aromatic heterocycles. The zero-order valence-corrected chi connectivity index (χ0v) is 11.6. The molecule has 0 bridgehead atoms. The molecule has 2 N–H and O–H groups in total. The summed E-state index contributed by atoms with van der Waals surface area (Å²) in [6, 6.07) is 7.11. The molecule has 5 nitrogen and oxygen atoms in total. The highest BCUT2D eigenvalue weighted by Crippen LogP contribution is 2.16. The van der Waals surface area contributed by atoms with Crippen LogP contribution in [-0.2, 0) is 0 Å². The van der Waals surface area contributed by atoms with Gasteiger partial charge < -0.3 is 20.1 Å². The van der Waals surface area contributed by atoms with Crippen LogP contribution in [0.25, 0.3) is 0 Å². The van der Waals surface area contributed by atoms with Gasteiger partial charge in [0.15, 0.2) is 0 Å². The van der Waals surface area contributed by atoms with Gasteiger partial charge in [-0.2, -0.15) is 0 Å². The van der Waals surface area contributed by atoms with Crippen molar-refractivity contribution in [3.05, 3.63) is 24.3 Å². The van der Waals surface area contributed by atoms with Crippen LogP contribution in [0.5, 0.6) is 5.75 Å². The second-order valence-electron chi connectivity index (χ2n) is 4.37. The Morgan fingerprint density at radius 2 is 2.16 bits per heavy atom. The number of unbranched alkanes of at least 4 members (excludes halogenated alkanes) is 2. The third-order valence-electron chi connectivity index (χ3n) is 2.82. The lowest BCUT2D eigenvalue weighted by molar-refractivity contribution is 0.220. The molecule has 0 fully saturated rings. The number of urea groups is 1. The Balaban J connectivity index is 2.40. The molecule has 1 rings (SSSR count). The van der Waals surface area contributed by atoms with Crippen molar-refractivity contribution in [2.24, 2.45) is 0 Å². The van der Waals surface area contributed by atoms with Crippen molar-refractivity contribution in [1.29, 1.82) is 0 Å². The van der Waals surface area contributed by atoms with Crippen molar-refractivity contribution >= 4 is 11.7 Å². The Bertz CT molecular complexity index is 396. The second kappa shape index (κ2) is 8.37. The van der Waals surface area contributed by atoms with E-state index < -0.39 is 0 Å². The summed E-state index contributed by atoms with van der Waals surface area (Å²) in [6.45, 7) is 0.884. The lowest BCUT2D eigenvalue weighted by atomic mass is 10.2. The molecule has 19 heavy (non-hydrogen) atoms. The summed E-state index contributed by atoms with van der Waals surface area (Å²) in [5.74, 6) is 0.711. The summed E-state index contributed by atoms with van der Waals surface area (Å²) >= 11 is 0. The van der Waals surface area contributed by atoms with Gasteiger partial charge in [-0.3, -0.25) is 0 Å². The maximum absolute atomic E-state index is 11.9. The highest BCUT2D eigenvalue weighted by molar-refractivity contribution is 5.89. The molecule has 0 aliphatic heterocycles. The Morgan fingerprint density at radius 3 is 2.84 bits per heavy atom. The molecule has 0 atom stereocenters. The van der Waals surface area contributed by atoms with Crippen LogP contribution in [0, 0.1) is 0 Å². The molecule has 0 radical (unpaired) electrons. The van der Waals surface area contributed by atoms with E-state index in [2.05, 4.69) is 5.32 Å². The number of rotatable bonds is 7. The van der Waals surface area contributed by atoms with Crippen molar-refractivity contribution < 1.29 is 14.6 Å². The summed E-state index contributed by atoms with van der Waals surface area (Å²) in [6.07, 6.45) is 2.60. The van der Waals surface area contributed by atoms with Crippen LogP contribution in [0.1, 0.15) is 19.3 Å². The minimum absolute atomic E-state index is 0.141.